The van der Waals surface area contributed by atoms with Gasteiger partial charge in [0.15, 0.2) is 0 Å². The summed E-state index contributed by atoms with van der Waals surface area (Å²) in [5, 5.41) is -0.418. The van der Waals surface area contributed by atoms with E-state index in [2.05, 4.69) is 0 Å². The summed E-state index contributed by atoms with van der Waals surface area (Å²) < 4.78 is 35.8. The van der Waals surface area contributed by atoms with Crippen molar-refractivity contribution < 1.29 is 13.2 Å². The molecule has 0 aromatic carbocycles. The van der Waals surface area contributed by atoms with E-state index >= 15 is 0 Å². The number of hydrogen-bond donors (Lipinski definition) is 1. The molecule has 0 bridgehead atoms. The van der Waals surface area contributed by atoms with Crippen molar-refractivity contribution in [1.82, 2.24) is 0 Å². The van der Waals surface area contributed by atoms with Crippen molar-refractivity contribution in [2.75, 3.05) is 0 Å². The van der Waals surface area contributed by atoms with Crippen molar-refractivity contribution in [3.05, 3.63) is 0 Å². The van der Waals surface area contributed by atoms with Gasteiger partial charge in [-0.2, -0.15) is 13.2 Å². The van der Waals surface area contributed by atoms with E-state index in [1.807, 2.05) is 0 Å². The Kier molecular flexibility index (Phi) is 3.29. The van der Waals surface area contributed by atoms with Crippen molar-refractivity contribution in [1.29, 1.82) is 0 Å². The van der Waals surface area contributed by atoms with E-state index < -0.39 is 10.8 Å². The average Bonchev–Trinajstić information content (AvgIpc) is 1.91. The molecule has 0 aliphatic heterocycles. The number of nitrogens with two attached hydrogens (primary N) is 1. The SMILES string of the molecule is NC1CCCCC1SC(F)(F)F. The predicted molar refractivity (Wildman–Crippen MR) is 43.9 cm³/mol. The first-order valence-corrected chi connectivity index (χ1v) is 4.87. The molecule has 1 aliphatic rings. The fraction of sp³-hybridized carbons (Fsp3) is 1.00. The van der Waals surface area contributed by atoms with Gasteiger partial charge in [-0.25, -0.2) is 0 Å². The highest BCUT2D eigenvalue weighted by molar-refractivity contribution is 8.00. The lowest BCUT2D eigenvalue weighted by Crippen LogP contribution is -2.36. The zero-order chi connectivity index (χ0) is 9.19. The van der Waals surface area contributed by atoms with E-state index in [-0.39, 0.29) is 17.8 Å². The molecule has 5 heteroatoms. The number of hydrogen-bond acceptors (Lipinski definition) is 2. The molecule has 1 nitrogen and oxygen atoms in total. The smallest absolute Gasteiger partial charge is 0.327 e. The first-order valence-electron chi connectivity index (χ1n) is 3.99. The third-order valence-corrected chi connectivity index (χ3v) is 3.19. The Morgan fingerprint density at radius 2 is 1.75 bits per heavy atom. The number of rotatable bonds is 1. The van der Waals surface area contributed by atoms with Gasteiger partial charge in [0.1, 0.15) is 0 Å². The Hall–Kier alpha value is 0.100. The van der Waals surface area contributed by atoms with Gasteiger partial charge >= 0.3 is 5.51 Å². The largest absolute Gasteiger partial charge is 0.442 e. The second-order valence-corrected chi connectivity index (χ2v) is 4.35. The number of thioether (sulfide) groups is 1. The number of alkyl halides is 3. The Balaban J connectivity index is 2.39. The highest BCUT2D eigenvalue weighted by atomic mass is 32.2. The molecule has 12 heavy (non-hydrogen) atoms. The molecule has 1 fully saturated rings. The topological polar surface area (TPSA) is 26.0 Å². The van der Waals surface area contributed by atoms with Crippen molar-refractivity contribution in [2.24, 2.45) is 5.73 Å². The molecule has 2 N–H and O–H groups in total. The van der Waals surface area contributed by atoms with Crippen LogP contribution in [0.4, 0.5) is 13.2 Å². The minimum atomic E-state index is -4.13. The quantitative estimate of drug-likeness (QED) is 0.702. The van der Waals surface area contributed by atoms with E-state index in [1.54, 1.807) is 0 Å². The maximum absolute atomic E-state index is 11.9. The Bertz CT molecular complexity index is 148. The highest BCUT2D eigenvalue weighted by Gasteiger charge is 2.36. The molecule has 2 unspecified atom stereocenters. The minimum Gasteiger partial charge on any atom is -0.327 e. The van der Waals surface area contributed by atoms with E-state index in [0.29, 0.717) is 6.42 Å². The van der Waals surface area contributed by atoms with E-state index in [1.165, 1.54) is 0 Å². The molecule has 0 aromatic heterocycles. The van der Waals surface area contributed by atoms with Crippen LogP contribution in [0.3, 0.4) is 0 Å². The summed E-state index contributed by atoms with van der Waals surface area (Å²) in [4.78, 5) is 0. The second-order valence-electron chi connectivity index (χ2n) is 3.05. The van der Waals surface area contributed by atoms with Crippen molar-refractivity contribution in [3.8, 4) is 0 Å². The van der Waals surface area contributed by atoms with Crippen LogP contribution >= 0.6 is 11.8 Å². The molecule has 1 rings (SSSR count). The summed E-state index contributed by atoms with van der Waals surface area (Å²) in [6.07, 6.45) is 3.18. The Morgan fingerprint density at radius 1 is 1.17 bits per heavy atom. The van der Waals surface area contributed by atoms with Gasteiger partial charge < -0.3 is 5.73 Å². The van der Waals surface area contributed by atoms with Crippen molar-refractivity contribution >= 4 is 11.8 Å². The molecule has 0 spiro atoms. The summed E-state index contributed by atoms with van der Waals surface area (Å²) >= 11 is 0.0608. The van der Waals surface area contributed by atoms with Crippen LogP contribution in [-0.4, -0.2) is 16.8 Å². The van der Waals surface area contributed by atoms with Gasteiger partial charge in [0.25, 0.3) is 0 Å². The summed E-state index contributed by atoms with van der Waals surface area (Å²) in [5.74, 6) is 0. The summed E-state index contributed by atoms with van der Waals surface area (Å²) in [5.41, 5.74) is 1.44. The summed E-state index contributed by atoms with van der Waals surface area (Å²) in [6, 6.07) is -0.273. The maximum atomic E-state index is 11.9. The van der Waals surface area contributed by atoms with Gasteiger partial charge in [-0.05, 0) is 24.6 Å². The standard InChI is InChI=1S/C7H12F3NS/c8-7(9,10)12-6-4-2-1-3-5(6)11/h5-6H,1-4,11H2. The zero-order valence-corrected chi connectivity index (χ0v) is 7.42. The molecule has 1 saturated carbocycles. The highest BCUT2D eigenvalue weighted by Crippen LogP contribution is 2.39. The molecular formula is C7H12F3NS. The fourth-order valence-electron chi connectivity index (χ4n) is 1.44. The fourth-order valence-corrected chi connectivity index (χ4v) is 2.38. The van der Waals surface area contributed by atoms with Crippen molar-refractivity contribution in [2.45, 2.75) is 42.5 Å². The normalized spacial score (nSPS) is 32.0. The lowest BCUT2D eigenvalue weighted by molar-refractivity contribution is -0.0337. The van der Waals surface area contributed by atoms with Gasteiger partial charge in [-0.3, -0.25) is 0 Å². The van der Waals surface area contributed by atoms with Crippen LogP contribution in [0.5, 0.6) is 0 Å². The predicted octanol–water partition coefficient (Wildman–Crippen LogP) is 2.51. The Labute approximate surface area is 73.9 Å². The van der Waals surface area contributed by atoms with Crippen LogP contribution in [0.1, 0.15) is 25.7 Å². The van der Waals surface area contributed by atoms with Gasteiger partial charge in [0, 0.05) is 11.3 Å². The van der Waals surface area contributed by atoms with Gasteiger partial charge in [0.05, 0.1) is 0 Å². The van der Waals surface area contributed by atoms with Crippen LogP contribution in [0.25, 0.3) is 0 Å². The average molecular weight is 199 g/mol. The Morgan fingerprint density at radius 3 is 2.25 bits per heavy atom. The number of halogens is 3. The summed E-state index contributed by atoms with van der Waals surface area (Å²) in [7, 11) is 0. The third-order valence-electron chi connectivity index (χ3n) is 2.04. The molecule has 1 aliphatic carbocycles. The molecule has 72 valence electrons. The van der Waals surface area contributed by atoms with E-state index in [4.69, 9.17) is 5.73 Å². The van der Waals surface area contributed by atoms with E-state index in [9.17, 15) is 13.2 Å². The van der Waals surface area contributed by atoms with Gasteiger partial charge in [-0.15, -0.1) is 0 Å². The summed E-state index contributed by atoms with van der Waals surface area (Å²) in [6.45, 7) is 0. The molecular weight excluding hydrogens is 187 g/mol. The molecule has 2 atom stereocenters. The lowest BCUT2D eigenvalue weighted by atomic mass is 9.96. The molecule has 0 amide bonds. The molecule has 0 saturated heterocycles. The monoisotopic (exact) mass is 199 g/mol. The lowest BCUT2D eigenvalue weighted by Gasteiger charge is -2.28. The van der Waals surface area contributed by atoms with Gasteiger partial charge in [-0.1, -0.05) is 12.8 Å². The van der Waals surface area contributed by atoms with Crippen LogP contribution in [0.2, 0.25) is 0 Å². The van der Waals surface area contributed by atoms with Crippen LogP contribution in [0, 0.1) is 0 Å². The third kappa shape index (κ3) is 3.23. The minimum absolute atomic E-state index is 0.0608. The zero-order valence-electron chi connectivity index (χ0n) is 6.60. The van der Waals surface area contributed by atoms with Crippen molar-refractivity contribution in [3.63, 3.8) is 0 Å². The first-order chi connectivity index (χ1) is 5.49. The first kappa shape index (κ1) is 10.2. The second kappa shape index (κ2) is 3.87. The maximum Gasteiger partial charge on any atom is 0.442 e. The van der Waals surface area contributed by atoms with Gasteiger partial charge in [0.2, 0.25) is 0 Å². The molecule has 0 heterocycles. The molecule has 0 radical (unpaired) electrons. The van der Waals surface area contributed by atoms with Crippen LogP contribution in [0.15, 0.2) is 0 Å². The molecule has 0 aromatic rings. The van der Waals surface area contributed by atoms with Crippen LogP contribution < -0.4 is 5.73 Å². The van der Waals surface area contributed by atoms with Crippen LogP contribution in [-0.2, 0) is 0 Å². The van der Waals surface area contributed by atoms with E-state index in [0.717, 1.165) is 19.3 Å².